The first kappa shape index (κ1) is 23.5. The summed E-state index contributed by atoms with van der Waals surface area (Å²) in [5.41, 5.74) is 11.5. The van der Waals surface area contributed by atoms with Crippen molar-refractivity contribution in [1.82, 2.24) is 9.13 Å². The van der Waals surface area contributed by atoms with E-state index in [9.17, 15) is 0 Å². The molecule has 0 spiro atoms. The molecule has 190 valence electrons. The van der Waals surface area contributed by atoms with Crippen molar-refractivity contribution in [2.45, 2.75) is 33.1 Å². The van der Waals surface area contributed by atoms with Crippen LogP contribution in [0.15, 0.2) is 121 Å². The molecule has 0 fully saturated rings. The highest BCUT2D eigenvalue weighted by molar-refractivity contribution is 6.13. The largest absolute Gasteiger partial charge is 0.312 e. The lowest BCUT2D eigenvalue weighted by molar-refractivity contribution is 0.649. The van der Waals surface area contributed by atoms with Crippen molar-refractivity contribution in [2.24, 2.45) is 0 Å². The second-order valence-corrected chi connectivity index (χ2v) is 10.6. The average molecular weight is 505 g/mol. The van der Waals surface area contributed by atoms with E-state index in [0.29, 0.717) is 0 Å². The lowest BCUT2D eigenvalue weighted by Crippen LogP contribution is -2.18. The van der Waals surface area contributed by atoms with E-state index in [4.69, 9.17) is 0 Å². The summed E-state index contributed by atoms with van der Waals surface area (Å²) < 4.78 is 5.00. The Balaban J connectivity index is 0.00000124. The normalized spacial score (nSPS) is 13.3. The third kappa shape index (κ3) is 3.15. The maximum Gasteiger partial charge on any atom is 0.0603 e. The van der Waals surface area contributed by atoms with Gasteiger partial charge in [-0.15, -0.1) is 0 Å². The number of hydrogen-bond donors (Lipinski definition) is 0. The summed E-state index contributed by atoms with van der Waals surface area (Å²) in [5, 5.41) is 3.92. The van der Waals surface area contributed by atoms with Gasteiger partial charge in [0.1, 0.15) is 0 Å². The van der Waals surface area contributed by atoms with Crippen LogP contribution in [0.25, 0.3) is 55.2 Å². The molecule has 0 saturated heterocycles. The number of rotatable bonds is 2. The molecule has 0 bridgehead atoms. The molecule has 2 aromatic heterocycles. The van der Waals surface area contributed by atoms with Gasteiger partial charge in [-0.1, -0.05) is 119 Å². The van der Waals surface area contributed by atoms with Crippen LogP contribution in [0.1, 0.15) is 39.0 Å². The summed E-state index contributed by atoms with van der Waals surface area (Å²) in [6.45, 7) is 8.81. The van der Waals surface area contributed by atoms with Crippen molar-refractivity contribution < 1.29 is 0 Å². The Morgan fingerprint density at radius 1 is 0.513 bits per heavy atom. The van der Waals surface area contributed by atoms with Gasteiger partial charge in [0.25, 0.3) is 0 Å². The van der Waals surface area contributed by atoms with Crippen LogP contribution in [0.5, 0.6) is 0 Å². The molecule has 5 aromatic carbocycles. The molecule has 0 atom stereocenters. The number of nitrogens with zero attached hydrogens (tertiary/aromatic N) is 2. The lowest BCUT2D eigenvalue weighted by atomic mass is 9.79. The van der Waals surface area contributed by atoms with Gasteiger partial charge in [0.15, 0.2) is 0 Å². The minimum absolute atomic E-state index is 0.208. The molecule has 2 nitrogen and oxygen atoms in total. The predicted molar refractivity (Wildman–Crippen MR) is 167 cm³/mol. The van der Waals surface area contributed by atoms with E-state index < -0.39 is 0 Å². The Labute approximate surface area is 229 Å². The monoisotopic (exact) mass is 504 g/mol. The highest BCUT2D eigenvalue weighted by Gasteiger charge is 2.42. The fourth-order valence-electron chi connectivity index (χ4n) is 6.79. The van der Waals surface area contributed by atoms with Gasteiger partial charge >= 0.3 is 0 Å². The van der Waals surface area contributed by atoms with E-state index in [2.05, 4.69) is 144 Å². The van der Waals surface area contributed by atoms with Crippen molar-refractivity contribution in [1.29, 1.82) is 0 Å². The first-order valence-electron chi connectivity index (χ1n) is 14.0. The third-order valence-corrected chi connectivity index (χ3v) is 8.22. The summed E-state index contributed by atoms with van der Waals surface area (Å²) in [7, 11) is 0. The zero-order valence-corrected chi connectivity index (χ0v) is 22.9. The lowest BCUT2D eigenvalue weighted by Gasteiger charge is -2.24. The van der Waals surface area contributed by atoms with Gasteiger partial charge in [0, 0.05) is 44.1 Å². The standard InChI is InChI=1S/C35H26N2.C2H6/c1-35(2)32-30(37-29-20-12-10-18-27(29)31(34(35)37)23-13-5-3-6-14-23)22-21-26-25-17-9-11-19-28(25)36(33(26)32)24-15-7-4-8-16-24;1-2/h3-22H,1-2H3;1-2H3. The Kier molecular flexibility index (Phi) is 5.28. The SMILES string of the molecule is CC.CC1(C)c2c(ccc3c4ccccc4n(-c4ccccc4)c23)-n2c1c(-c1ccccc1)c1ccccc12. The van der Waals surface area contributed by atoms with E-state index in [-0.39, 0.29) is 5.41 Å². The summed E-state index contributed by atoms with van der Waals surface area (Å²) in [6, 6.07) is 44.1. The quantitative estimate of drug-likeness (QED) is 0.222. The van der Waals surface area contributed by atoms with Gasteiger partial charge in [-0.25, -0.2) is 0 Å². The van der Waals surface area contributed by atoms with Crippen molar-refractivity contribution in [3.05, 3.63) is 133 Å². The van der Waals surface area contributed by atoms with Crippen LogP contribution in [-0.4, -0.2) is 9.13 Å². The van der Waals surface area contributed by atoms with Gasteiger partial charge in [-0.3, -0.25) is 0 Å². The molecule has 1 aliphatic heterocycles. The van der Waals surface area contributed by atoms with Gasteiger partial charge in [0.05, 0.1) is 22.2 Å². The molecule has 39 heavy (non-hydrogen) atoms. The van der Waals surface area contributed by atoms with Gasteiger partial charge < -0.3 is 9.13 Å². The Bertz CT molecular complexity index is 1990. The molecule has 0 unspecified atom stereocenters. The van der Waals surface area contributed by atoms with E-state index >= 15 is 0 Å². The number of hydrogen-bond acceptors (Lipinski definition) is 0. The Morgan fingerprint density at radius 2 is 1.08 bits per heavy atom. The minimum atomic E-state index is -0.208. The summed E-state index contributed by atoms with van der Waals surface area (Å²) in [4.78, 5) is 0. The van der Waals surface area contributed by atoms with E-state index in [1.54, 1.807) is 0 Å². The topological polar surface area (TPSA) is 9.86 Å². The molecule has 2 heteroatoms. The second-order valence-electron chi connectivity index (χ2n) is 10.6. The fourth-order valence-corrected chi connectivity index (χ4v) is 6.79. The smallest absolute Gasteiger partial charge is 0.0603 e. The number of aromatic nitrogens is 2. The highest BCUT2D eigenvalue weighted by atomic mass is 15.1. The molecule has 7 aromatic rings. The summed E-state index contributed by atoms with van der Waals surface area (Å²) in [6.07, 6.45) is 0. The molecule has 8 rings (SSSR count). The molecule has 0 saturated carbocycles. The maximum atomic E-state index is 2.53. The zero-order valence-electron chi connectivity index (χ0n) is 22.9. The molecule has 0 amide bonds. The predicted octanol–water partition coefficient (Wildman–Crippen LogP) is 10.1. The van der Waals surface area contributed by atoms with Crippen molar-refractivity contribution in [3.8, 4) is 22.5 Å². The molecule has 0 radical (unpaired) electrons. The Hall–Kier alpha value is -4.56. The Morgan fingerprint density at radius 3 is 1.77 bits per heavy atom. The van der Waals surface area contributed by atoms with Crippen LogP contribution in [0.3, 0.4) is 0 Å². The number of benzene rings is 5. The second kappa shape index (κ2) is 8.74. The van der Waals surface area contributed by atoms with Gasteiger partial charge in [-0.2, -0.15) is 0 Å². The summed E-state index contributed by atoms with van der Waals surface area (Å²) in [5.74, 6) is 0. The average Bonchev–Trinajstić information content (AvgIpc) is 3.59. The van der Waals surface area contributed by atoms with Gasteiger partial charge in [0.2, 0.25) is 0 Å². The fraction of sp³-hybridized carbons (Fsp3) is 0.135. The molecule has 1 aliphatic rings. The molecule has 0 N–H and O–H groups in total. The van der Waals surface area contributed by atoms with Crippen LogP contribution in [-0.2, 0) is 5.41 Å². The van der Waals surface area contributed by atoms with E-state index in [0.717, 1.165) is 0 Å². The highest BCUT2D eigenvalue weighted by Crippen LogP contribution is 2.54. The third-order valence-electron chi connectivity index (χ3n) is 8.22. The van der Waals surface area contributed by atoms with Crippen molar-refractivity contribution in [2.75, 3.05) is 0 Å². The first-order valence-corrected chi connectivity index (χ1v) is 14.0. The van der Waals surface area contributed by atoms with Crippen LogP contribution < -0.4 is 0 Å². The van der Waals surface area contributed by atoms with Crippen molar-refractivity contribution >= 4 is 32.7 Å². The van der Waals surface area contributed by atoms with E-state index in [1.807, 2.05) is 13.8 Å². The zero-order chi connectivity index (χ0) is 26.7. The minimum Gasteiger partial charge on any atom is -0.312 e. The summed E-state index contributed by atoms with van der Waals surface area (Å²) >= 11 is 0. The van der Waals surface area contributed by atoms with Gasteiger partial charge in [-0.05, 0) is 35.9 Å². The molecule has 3 heterocycles. The molecule has 0 aliphatic carbocycles. The van der Waals surface area contributed by atoms with Crippen LogP contribution in [0.2, 0.25) is 0 Å². The van der Waals surface area contributed by atoms with Crippen molar-refractivity contribution in [3.63, 3.8) is 0 Å². The molecular weight excluding hydrogens is 472 g/mol. The maximum absolute atomic E-state index is 2.53. The van der Waals surface area contributed by atoms with E-state index in [1.165, 1.54) is 66.5 Å². The number of para-hydroxylation sites is 3. The first-order chi connectivity index (χ1) is 19.2. The number of fused-ring (bicyclic) bond motifs is 9. The molecular formula is C37H32N2. The van der Waals surface area contributed by atoms with Crippen LogP contribution in [0.4, 0.5) is 0 Å². The van der Waals surface area contributed by atoms with Crippen LogP contribution >= 0.6 is 0 Å². The van der Waals surface area contributed by atoms with Crippen LogP contribution in [0, 0.1) is 0 Å².